The van der Waals surface area contributed by atoms with Crippen LogP contribution < -0.4 is 10.1 Å². The number of aliphatic hydroxyl groups is 1. The van der Waals surface area contributed by atoms with Crippen molar-refractivity contribution in [2.75, 3.05) is 26.7 Å². The summed E-state index contributed by atoms with van der Waals surface area (Å²) in [6.07, 6.45) is 1.32. The summed E-state index contributed by atoms with van der Waals surface area (Å²) in [6.45, 7) is 9.82. The number of likely N-dealkylation sites (N-methyl/N-ethyl adjacent to an activating group) is 1. The van der Waals surface area contributed by atoms with Crippen molar-refractivity contribution in [3.8, 4) is 5.75 Å². The zero-order chi connectivity index (χ0) is 25.3. The second kappa shape index (κ2) is 10.5. The van der Waals surface area contributed by atoms with Crippen molar-refractivity contribution in [1.29, 1.82) is 0 Å². The standard InChI is InChI=1S/C28H39F2N3O2/c1-18(2)32-15-24(31-5)13-26(32)21-10-23(30)12-25(11-21)35-17-28(34)14-27(33(16-28)19(3)4)20-7-6-8-22(29)9-20/h6-12,18-19,24,26-27,31,34H,13-17H2,1-5H3. The predicted molar refractivity (Wildman–Crippen MR) is 134 cm³/mol. The molecule has 0 radical (unpaired) electrons. The van der Waals surface area contributed by atoms with E-state index < -0.39 is 5.60 Å². The Morgan fingerprint density at radius 3 is 2.37 bits per heavy atom. The molecule has 2 N–H and O–H groups in total. The average molecular weight is 488 g/mol. The monoisotopic (exact) mass is 487 g/mol. The molecule has 0 spiro atoms. The zero-order valence-corrected chi connectivity index (χ0v) is 21.5. The van der Waals surface area contributed by atoms with Gasteiger partial charge in [0.25, 0.3) is 0 Å². The van der Waals surface area contributed by atoms with Crippen LogP contribution in [-0.2, 0) is 0 Å². The first-order valence-electron chi connectivity index (χ1n) is 12.7. The lowest BCUT2D eigenvalue weighted by Gasteiger charge is -2.29. The van der Waals surface area contributed by atoms with E-state index in [2.05, 4.69) is 42.8 Å². The first-order valence-corrected chi connectivity index (χ1v) is 12.7. The molecular formula is C28H39F2N3O2. The molecule has 35 heavy (non-hydrogen) atoms. The maximum atomic E-state index is 14.7. The summed E-state index contributed by atoms with van der Waals surface area (Å²) in [5.41, 5.74) is 0.616. The number of hydrogen-bond acceptors (Lipinski definition) is 5. The smallest absolute Gasteiger partial charge is 0.127 e. The molecule has 0 saturated carbocycles. The Morgan fingerprint density at radius 1 is 1.00 bits per heavy atom. The molecule has 4 rings (SSSR count). The Morgan fingerprint density at radius 2 is 1.71 bits per heavy atom. The fourth-order valence-corrected chi connectivity index (χ4v) is 5.71. The normalized spacial score (nSPS) is 27.9. The van der Waals surface area contributed by atoms with E-state index in [1.54, 1.807) is 12.1 Å². The van der Waals surface area contributed by atoms with E-state index in [-0.39, 0.29) is 36.4 Å². The lowest BCUT2D eigenvalue weighted by molar-refractivity contribution is 0.00146. The third-order valence-electron chi connectivity index (χ3n) is 7.54. The second-order valence-electron chi connectivity index (χ2n) is 10.8. The number of benzene rings is 2. The third kappa shape index (κ3) is 5.85. The lowest BCUT2D eigenvalue weighted by atomic mass is 9.96. The van der Waals surface area contributed by atoms with Gasteiger partial charge in [0, 0.05) is 55.8 Å². The van der Waals surface area contributed by atoms with Crippen molar-refractivity contribution in [1.82, 2.24) is 15.1 Å². The highest BCUT2D eigenvalue weighted by Crippen LogP contribution is 2.40. The van der Waals surface area contributed by atoms with Crippen LogP contribution in [0.15, 0.2) is 42.5 Å². The Hall–Kier alpha value is -2.06. The van der Waals surface area contributed by atoms with Crippen molar-refractivity contribution in [2.24, 2.45) is 0 Å². The summed E-state index contributed by atoms with van der Waals surface area (Å²) in [7, 11) is 1.96. The number of likely N-dealkylation sites (tertiary alicyclic amines) is 2. The first kappa shape index (κ1) is 26.0. The van der Waals surface area contributed by atoms with Gasteiger partial charge in [0.2, 0.25) is 0 Å². The predicted octanol–water partition coefficient (Wildman–Crippen LogP) is 4.67. The number of nitrogens with one attached hydrogen (secondary N) is 1. The fourth-order valence-electron chi connectivity index (χ4n) is 5.71. The van der Waals surface area contributed by atoms with Gasteiger partial charge in [-0.3, -0.25) is 9.80 Å². The van der Waals surface area contributed by atoms with Crippen molar-refractivity contribution < 1.29 is 18.6 Å². The van der Waals surface area contributed by atoms with Crippen LogP contribution in [0.5, 0.6) is 5.75 Å². The molecule has 0 aliphatic carbocycles. The van der Waals surface area contributed by atoms with Crippen LogP contribution in [0, 0.1) is 11.6 Å². The molecule has 0 bridgehead atoms. The van der Waals surface area contributed by atoms with E-state index in [1.807, 2.05) is 19.2 Å². The van der Waals surface area contributed by atoms with Gasteiger partial charge in [-0.25, -0.2) is 8.78 Å². The molecule has 2 aliphatic rings. The highest BCUT2D eigenvalue weighted by Gasteiger charge is 2.45. The minimum atomic E-state index is -1.12. The summed E-state index contributed by atoms with van der Waals surface area (Å²) < 4.78 is 34.6. The van der Waals surface area contributed by atoms with Crippen LogP contribution in [0.2, 0.25) is 0 Å². The van der Waals surface area contributed by atoms with E-state index in [1.165, 1.54) is 18.2 Å². The molecule has 0 amide bonds. The number of ether oxygens (including phenoxy) is 1. The summed E-state index contributed by atoms with van der Waals surface area (Å²) >= 11 is 0. The molecule has 5 nitrogen and oxygen atoms in total. The van der Waals surface area contributed by atoms with E-state index in [4.69, 9.17) is 4.74 Å². The second-order valence-corrected chi connectivity index (χ2v) is 10.8. The fraction of sp³-hybridized carbons (Fsp3) is 0.571. The number of rotatable bonds is 8. The summed E-state index contributed by atoms with van der Waals surface area (Å²) in [6, 6.07) is 12.3. The number of nitrogens with zero attached hydrogens (tertiary/aromatic N) is 2. The Labute approximate surface area is 208 Å². The van der Waals surface area contributed by atoms with Crippen LogP contribution in [-0.4, -0.2) is 65.4 Å². The maximum Gasteiger partial charge on any atom is 0.127 e. The van der Waals surface area contributed by atoms with Gasteiger partial charge >= 0.3 is 0 Å². The van der Waals surface area contributed by atoms with Gasteiger partial charge in [-0.15, -0.1) is 0 Å². The van der Waals surface area contributed by atoms with Gasteiger partial charge in [-0.05, 0) is 76.6 Å². The lowest BCUT2D eigenvalue weighted by Crippen LogP contribution is -2.40. The van der Waals surface area contributed by atoms with Crippen LogP contribution >= 0.6 is 0 Å². The molecule has 192 valence electrons. The summed E-state index contributed by atoms with van der Waals surface area (Å²) in [4.78, 5) is 4.56. The quantitative estimate of drug-likeness (QED) is 0.567. The Bertz CT molecular complexity index is 1020. The minimum Gasteiger partial charge on any atom is -0.490 e. The van der Waals surface area contributed by atoms with Crippen LogP contribution in [0.1, 0.15) is 63.7 Å². The van der Waals surface area contributed by atoms with Gasteiger partial charge in [0.15, 0.2) is 0 Å². The number of halogens is 2. The highest BCUT2D eigenvalue weighted by atomic mass is 19.1. The van der Waals surface area contributed by atoms with Gasteiger partial charge in [-0.1, -0.05) is 12.1 Å². The molecule has 2 aromatic rings. The van der Waals surface area contributed by atoms with Crippen LogP contribution in [0.25, 0.3) is 0 Å². The maximum absolute atomic E-state index is 14.7. The molecule has 4 unspecified atom stereocenters. The number of β-amino-alcohol motifs (C(OH)–C–C–N with tert-alkyl or cyclic N) is 1. The Balaban J connectivity index is 1.51. The molecule has 2 heterocycles. The van der Waals surface area contributed by atoms with Crippen LogP contribution in [0.3, 0.4) is 0 Å². The van der Waals surface area contributed by atoms with Gasteiger partial charge in [-0.2, -0.15) is 0 Å². The van der Waals surface area contributed by atoms with Gasteiger partial charge < -0.3 is 15.2 Å². The van der Waals surface area contributed by atoms with E-state index >= 15 is 0 Å². The molecule has 4 atom stereocenters. The van der Waals surface area contributed by atoms with Crippen LogP contribution in [0.4, 0.5) is 8.78 Å². The molecule has 2 saturated heterocycles. The Kier molecular flexibility index (Phi) is 7.81. The van der Waals surface area contributed by atoms with Gasteiger partial charge in [0.1, 0.15) is 29.6 Å². The molecular weight excluding hydrogens is 448 g/mol. The molecule has 2 fully saturated rings. The number of hydrogen-bond donors (Lipinski definition) is 2. The molecule has 7 heteroatoms. The third-order valence-corrected chi connectivity index (χ3v) is 7.54. The minimum absolute atomic E-state index is 0.0443. The molecule has 0 aromatic heterocycles. The van der Waals surface area contributed by atoms with E-state index in [0.29, 0.717) is 30.8 Å². The van der Waals surface area contributed by atoms with E-state index in [9.17, 15) is 13.9 Å². The van der Waals surface area contributed by atoms with Gasteiger partial charge in [0.05, 0.1) is 0 Å². The molecule has 2 aromatic carbocycles. The SMILES string of the molecule is CNC1CC(c2cc(F)cc(OCC3(O)CC(c4cccc(F)c4)N(C(C)C)C3)c2)N(C(C)C)C1. The van der Waals surface area contributed by atoms with Crippen molar-refractivity contribution in [2.45, 2.75) is 76.3 Å². The van der Waals surface area contributed by atoms with Crippen molar-refractivity contribution in [3.05, 3.63) is 65.2 Å². The summed E-state index contributed by atoms with van der Waals surface area (Å²) in [5, 5.41) is 14.8. The zero-order valence-electron chi connectivity index (χ0n) is 21.5. The molecule has 2 aliphatic heterocycles. The van der Waals surface area contributed by atoms with Crippen molar-refractivity contribution >= 4 is 0 Å². The largest absolute Gasteiger partial charge is 0.490 e. The van der Waals surface area contributed by atoms with Crippen molar-refractivity contribution in [3.63, 3.8) is 0 Å². The van der Waals surface area contributed by atoms with E-state index in [0.717, 1.165) is 24.1 Å². The highest BCUT2D eigenvalue weighted by molar-refractivity contribution is 5.33. The average Bonchev–Trinajstić information content (AvgIpc) is 3.40. The summed E-state index contributed by atoms with van der Waals surface area (Å²) in [5.74, 6) is -0.197. The first-order chi connectivity index (χ1) is 16.6. The topological polar surface area (TPSA) is 48.0 Å².